The smallest absolute Gasteiger partial charge is 0.352 e. The van der Waals surface area contributed by atoms with Gasteiger partial charge in [-0.1, -0.05) is 23.2 Å². The van der Waals surface area contributed by atoms with Gasteiger partial charge in [0.25, 0.3) is 0 Å². The summed E-state index contributed by atoms with van der Waals surface area (Å²) in [5.41, 5.74) is 1.30. The average molecular weight is 244 g/mol. The molecule has 0 saturated heterocycles. The number of aromatic carboxylic acids is 1. The maximum Gasteiger partial charge on any atom is 0.352 e. The van der Waals surface area contributed by atoms with Gasteiger partial charge >= 0.3 is 5.97 Å². The number of hydrogen-bond acceptors (Lipinski definition) is 1. The first kappa shape index (κ1) is 10.3. The van der Waals surface area contributed by atoms with E-state index in [-0.39, 0.29) is 5.69 Å². The molecular weight excluding hydrogens is 237 g/mol. The van der Waals surface area contributed by atoms with Crippen molar-refractivity contribution in [3.05, 3.63) is 33.4 Å². The number of carboxylic acids is 1. The highest BCUT2D eigenvalue weighted by molar-refractivity contribution is 6.40. The number of fused-ring (bicyclic) bond motifs is 1. The monoisotopic (exact) mass is 243 g/mol. The number of H-pyrrole nitrogens is 1. The fourth-order valence-electron chi connectivity index (χ4n) is 1.60. The van der Waals surface area contributed by atoms with Crippen molar-refractivity contribution in [2.75, 3.05) is 0 Å². The Balaban J connectivity index is 2.93. The van der Waals surface area contributed by atoms with Crippen LogP contribution in [-0.2, 0) is 0 Å². The molecule has 2 N–H and O–H groups in total. The second kappa shape index (κ2) is 3.43. The van der Waals surface area contributed by atoms with Crippen LogP contribution in [0.2, 0.25) is 10.0 Å². The van der Waals surface area contributed by atoms with Gasteiger partial charge in [-0.3, -0.25) is 0 Å². The van der Waals surface area contributed by atoms with Gasteiger partial charge in [0.2, 0.25) is 0 Å². The van der Waals surface area contributed by atoms with Crippen molar-refractivity contribution in [3.63, 3.8) is 0 Å². The van der Waals surface area contributed by atoms with Crippen LogP contribution in [0.1, 0.15) is 16.1 Å². The predicted molar refractivity (Wildman–Crippen MR) is 60.0 cm³/mol. The Labute approximate surface area is 95.6 Å². The van der Waals surface area contributed by atoms with Crippen LogP contribution >= 0.6 is 23.2 Å². The quantitative estimate of drug-likeness (QED) is 0.806. The van der Waals surface area contributed by atoms with Gasteiger partial charge in [-0.2, -0.15) is 0 Å². The standard InChI is InChI=1S/C10H7Cl2NO2/c1-4-7-5(11)2-3-6(12)9(7)13-8(4)10(14)15/h2-3,13H,1H3,(H,14,15). The van der Waals surface area contributed by atoms with E-state index in [4.69, 9.17) is 28.3 Å². The van der Waals surface area contributed by atoms with Gasteiger partial charge in [0.15, 0.2) is 0 Å². The second-order valence-corrected chi connectivity index (χ2v) is 4.02. The van der Waals surface area contributed by atoms with Crippen molar-refractivity contribution < 1.29 is 9.90 Å². The third-order valence-corrected chi connectivity index (χ3v) is 2.95. The molecule has 5 heteroatoms. The Morgan fingerprint density at radius 1 is 1.33 bits per heavy atom. The van der Waals surface area contributed by atoms with Gasteiger partial charge < -0.3 is 10.1 Å². The molecule has 0 aliphatic heterocycles. The molecule has 0 fully saturated rings. The van der Waals surface area contributed by atoms with E-state index < -0.39 is 5.97 Å². The number of carboxylic acid groups (broad SMARTS) is 1. The molecule has 0 radical (unpaired) electrons. The van der Waals surface area contributed by atoms with E-state index in [1.807, 2.05) is 0 Å². The Morgan fingerprint density at radius 2 is 1.93 bits per heavy atom. The van der Waals surface area contributed by atoms with Crippen LogP contribution in [-0.4, -0.2) is 16.1 Å². The van der Waals surface area contributed by atoms with Crippen LogP contribution in [0.4, 0.5) is 0 Å². The normalized spacial score (nSPS) is 10.9. The van der Waals surface area contributed by atoms with Crippen LogP contribution in [0.5, 0.6) is 0 Å². The summed E-state index contributed by atoms with van der Waals surface area (Å²) in [4.78, 5) is 13.7. The molecule has 0 amide bonds. The SMILES string of the molecule is Cc1c(C(=O)O)[nH]c2c(Cl)ccc(Cl)c12. The Kier molecular flexibility index (Phi) is 2.37. The average Bonchev–Trinajstić information content (AvgIpc) is 2.51. The molecule has 0 atom stereocenters. The summed E-state index contributed by atoms with van der Waals surface area (Å²) in [5.74, 6) is -1.02. The Bertz CT molecular complexity index is 560. The molecule has 1 aromatic carbocycles. The van der Waals surface area contributed by atoms with Crippen LogP contribution in [0.3, 0.4) is 0 Å². The predicted octanol–water partition coefficient (Wildman–Crippen LogP) is 3.48. The molecule has 2 rings (SSSR count). The topological polar surface area (TPSA) is 53.1 Å². The van der Waals surface area contributed by atoms with E-state index >= 15 is 0 Å². The van der Waals surface area contributed by atoms with Crippen molar-refractivity contribution in [2.45, 2.75) is 6.92 Å². The Morgan fingerprint density at radius 3 is 2.47 bits per heavy atom. The zero-order chi connectivity index (χ0) is 11.2. The van der Waals surface area contributed by atoms with E-state index in [0.717, 1.165) is 0 Å². The lowest BCUT2D eigenvalue weighted by Gasteiger charge is -1.97. The lowest BCUT2D eigenvalue weighted by molar-refractivity contribution is 0.0691. The first-order valence-corrected chi connectivity index (χ1v) is 4.97. The maximum absolute atomic E-state index is 10.9. The summed E-state index contributed by atoms with van der Waals surface area (Å²) >= 11 is 11.9. The molecular formula is C10H7Cl2NO2. The van der Waals surface area contributed by atoms with E-state index in [1.165, 1.54) is 0 Å². The zero-order valence-electron chi connectivity index (χ0n) is 7.77. The summed E-state index contributed by atoms with van der Waals surface area (Å²) in [6.45, 7) is 1.70. The van der Waals surface area contributed by atoms with E-state index in [2.05, 4.69) is 4.98 Å². The molecule has 0 spiro atoms. The molecule has 0 saturated carbocycles. The van der Waals surface area contributed by atoms with Crippen molar-refractivity contribution in [1.82, 2.24) is 4.98 Å². The number of halogens is 2. The number of aryl methyl sites for hydroxylation is 1. The number of aromatic nitrogens is 1. The van der Waals surface area contributed by atoms with Crippen LogP contribution in [0, 0.1) is 6.92 Å². The minimum atomic E-state index is -1.02. The molecule has 15 heavy (non-hydrogen) atoms. The number of nitrogens with one attached hydrogen (secondary N) is 1. The zero-order valence-corrected chi connectivity index (χ0v) is 9.28. The molecule has 0 bridgehead atoms. The third kappa shape index (κ3) is 1.48. The third-order valence-electron chi connectivity index (χ3n) is 2.32. The van der Waals surface area contributed by atoms with Gasteiger partial charge in [0.05, 0.1) is 15.6 Å². The summed E-state index contributed by atoms with van der Waals surface area (Å²) in [6, 6.07) is 3.28. The van der Waals surface area contributed by atoms with E-state index in [0.29, 0.717) is 26.5 Å². The van der Waals surface area contributed by atoms with Gasteiger partial charge in [0.1, 0.15) is 5.69 Å². The van der Waals surface area contributed by atoms with Gasteiger partial charge in [-0.05, 0) is 24.6 Å². The fraction of sp³-hybridized carbons (Fsp3) is 0.100. The molecule has 3 nitrogen and oxygen atoms in total. The Hall–Kier alpha value is -1.19. The van der Waals surface area contributed by atoms with Gasteiger partial charge in [0, 0.05) is 5.39 Å². The summed E-state index contributed by atoms with van der Waals surface area (Å²) in [7, 11) is 0. The minimum Gasteiger partial charge on any atom is -0.477 e. The minimum absolute atomic E-state index is 0.125. The first-order chi connectivity index (χ1) is 7.02. The number of aromatic amines is 1. The summed E-state index contributed by atoms with van der Waals surface area (Å²) < 4.78 is 0. The molecule has 0 unspecified atom stereocenters. The largest absolute Gasteiger partial charge is 0.477 e. The highest BCUT2D eigenvalue weighted by Gasteiger charge is 2.17. The summed E-state index contributed by atoms with van der Waals surface area (Å²) in [5, 5.41) is 10.6. The van der Waals surface area contributed by atoms with Crippen molar-refractivity contribution in [3.8, 4) is 0 Å². The van der Waals surface area contributed by atoms with Gasteiger partial charge in [-0.25, -0.2) is 4.79 Å². The van der Waals surface area contributed by atoms with E-state index in [1.54, 1.807) is 19.1 Å². The molecule has 0 aliphatic carbocycles. The van der Waals surface area contributed by atoms with Crippen LogP contribution in [0.25, 0.3) is 10.9 Å². The van der Waals surface area contributed by atoms with Crippen LogP contribution < -0.4 is 0 Å². The number of rotatable bonds is 1. The van der Waals surface area contributed by atoms with Crippen molar-refractivity contribution >= 4 is 40.1 Å². The lowest BCUT2D eigenvalue weighted by atomic mass is 10.1. The van der Waals surface area contributed by atoms with Crippen molar-refractivity contribution in [2.24, 2.45) is 0 Å². The lowest BCUT2D eigenvalue weighted by Crippen LogP contribution is -1.98. The van der Waals surface area contributed by atoms with E-state index in [9.17, 15) is 4.79 Å². The molecule has 0 aliphatic rings. The fourth-order valence-corrected chi connectivity index (χ4v) is 2.10. The van der Waals surface area contributed by atoms with Crippen LogP contribution in [0.15, 0.2) is 12.1 Å². The number of benzene rings is 1. The van der Waals surface area contributed by atoms with Crippen molar-refractivity contribution in [1.29, 1.82) is 0 Å². The summed E-state index contributed by atoms with van der Waals surface area (Å²) in [6.07, 6.45) is 0. The first-order valence-electron chi connectivity index (χ1n) is 4.22. The highest BCUT2D eigenvalue weighted by atomic mass is 35.5. The molecule has 1 aromatic heterocycles. The maximum atomic E-state index is 10.9. The molecule has 1 heterocycles. The molecule has 78 valence electrons. The molecule has 2 aromatic rings. The second-order valence-electron chi connectivity index (χ2n) is 3.21. The van der Waals surface area contributed by atoms with Gasteiger partial charge in [-0.15, -0.1) is 0 Å². The highest BCUT2D eigenvalue weighted by Crippen LogP contribution is 2.33. The number of hydrogen-bond donors (Lipinski definition) is 2. The number of carbonyl (C=O) groups is 1.